The van der Waals surface area contributed by atoms with Crippen molar-refractivity contribution < 1.29 is 24.2 Å². The molecule has 122 valence electrons. The van der Waals surface area contributed by atoms with E-state index in [9.17, 15) is 9.59 Å². The molecule has 1 rings (SSSR count). The maximum absolute atomic E-state index is 11.8. The second-order valence-electron chi connectivity index (χ2n) is 5.84. The molecule has 0 aliphatic rings. The van der Waals surface area contributed by atoms with E-state index in [0.29, 0.717) is 6.42 Å². The summed E-state index contributed by atoms with van der Waals surface area (Å²) in [5.41, 5.74) is 0.363. The van der Waals surface area contributed by atoms with Crippen LogP contribution in [0.15, 0.2) is 30.3 Å². The number of ether oxygens (including phenoxy) is 2. The number of hydrogen-bond acceptors (Lipinski definition) is 4. The Bertz CT molecular complexity index is 481. The van der Waals surface area contributed by atoms with Gasteiger partial charge in [0.25, 0.3) is 0 Å². The van der Waals surface area contributed by atoms with Gasteiger partial charge in [0.05, 0.1) is 13.0 Å². The van der Waals surface area contributed by atoms with E-state index in [1.54, 1.807) is 20.8 Å². The number of carbonyl (C=O) groups excluding carboxylic acids is 1. The van der Waals surface area contributed by atoms with E-state index < -0.39 is 23.9 Å². The Labute approximate surface area is 130 Å². The minimum absolute atomic E-state index is 0.0165. The molecule has 1 atom stereocenters. The number of carboxylic acid groups (broad SMARTS) is 1. The summed E-state index contributed by atoms with van der Waals surface area (Å²) in [5.74, 6) is -0.948. The first-order valence-corrected chi connectivity index (χ1v) is 7.13. The van der Waals surface area contributed by atoms with Crippen LogP contribution in [0.1, 0.15) is 32.8 Å². The number of nitrogens with one attached hydrogen (secondary N) is 1. The van der Waals surface area contributed by atoms with Crippen molar-refractivity contribution in [2.75, 3.05) is 6.61 Å². The van der Waals surface area contributed by atoms with Crippen LogP contribution in [0.4, 0.5) is 4.79 Å². The molecule has 0 fully saturated rings. The van der Waals surface area contributed by atoms with Crippen LogP contribution in [0.3, 0.4) is 0 Å². The molecule has 0 saturated heterocycles. The Morgan fingerprint density at radius 1 is 1.23 bits per heavy atom. The van der Waals surface area contributed by atoms with Gasteiger partial charge in [-0.05, 0) is 26.3 Å². The van der Waals surface area contributed by atoms with Crippen molar-refractivity contribution in [1.82, 2.24) is 5.32 Å². The summed E-state index contributed by atoms with van der Waals surface area (Å²) in [7, 11) is 0. The summed E-state index contributed by atoms with van der Waals surface area (Å²) in [6.45, 7) is 5.32. The molecule has 6 nitrogen and oxygen atoms in total. The number of aliphatic carboxylic acids is 1. The third-order valence-electron chi connectivity index (χ3n) is 2.58. The Kier molecular flexibility index (Phi) is 6.85. The Balaban J connectivity index is 2.60. The van der Waals surface area contributed by atoms with Crippen molar-refractivity contribution in [3.05, 3.63) is 35.9 Å². The zero-order valence-electron chi connectivity index (χ0n) is 13.2. The van der Waals surface area contributed by atoms with Crippen molar-refractivity contribution in [2.45, 2.75) is 45.4 Å². The molecule has 2 N–H and O–H groups in total. The smallest absolute Gasteiger partial charge is 0.409 e. The largest absolute Gasteiger partial charge is 0.481 e. The summed E-state index contributed by atoms with van der Waals surface area (Å²) in [6, 6.07) is 9.48. The molecule has 0 bridgehead atoms. The lowest BCUT2D eigenvalue weighted by molar-refractivity contribution is -0.138. The molecule has 0 aromatic heterocycles. The second kappa shape index (κ2) is 8.38. The van der Waals surface area contributed by atoms with Gasteiger partial charge >= 0.3 is 12.1 Å². The molecular formula is C16H23NO5. The van der Waals surface area contributed by atoms with Gasteiger partial charge in [0.1, 0.15) is 11.8 Å². The van der Waals surface area contributed by atoms with Gasteiger partial charge in [-0.15, -0.1) is 0 Å². The van der Waals surface area contributed by atoms with Crippen LogP contribution in [0.25, 0.3) is 0 Å². The van der Waals surface area contributed by atoms with Crippen molar-refractivity contribution in [3.8, 4) is 0 Å². The van der Waals surface area contributed by atoms with Crippen LogP contribution in [0, 0.1) is 0 Å². The zero-order valence-corrected chi connectivity index (χ0v) is 13.2. The van der Waals surface area contributed by atoms with Crippen LogP contribution in [0.5, 0.6) is 0 Å². The molecule has 0 heterocycles. The fourth-order valence-corrected chi connectivity index (χ4v) is 1.71. The normalized spacial score (nSPS) is 12.5. The van der Waals surface area contributed by atoms with Crippen LogP contribution in [-0.4, -0.2) is 35.6 Å². The third kappa shape index (κ3) is 8.26. The standard InChI is InChI=1S/C16H23NO5/c1-16(2,3)22-15(20)17-13(21-10-9-14(18)19)11-12-7-5-4-6-8-12/h4-8,13H,9-11H2,1-3H3,(H,17,20)(H,18,19)/t13-/m0/s1. The number of hydrogen-bond donors (Lipinski definition) is 2. The van der Waals surface area contributed by atoms with Crippen LogP contribution < -0.4 is 5.32 Å². The number of alkyl carbamates (subject to hydrolysis) is 1. The summed E-state index contributed by atoms with van der Waals surface area (Å²) in [4.78, 5) is 22.4. The lowest BCUT2D eigenvalue weighted by atomic mass is 10.1. The van der Waals surface area contributed by atoms with Crippen molar-refractivity contribution in [1.29, 1.82) is 0 Å². The quantitative estimate of drug-likeness (QED) is 0.756. The average Bonchev–Trinajstić information content (AvgIpc) is 2.36. The summed E-state index contributed by atoms with van der Waals surface area (Å²) in [5, 5.41) is 11.3. The predicted molar refractivity (Wildman–Crippen MR) is 81.5 cm³/mol. The third-order valence-corrected chi connectivity index (χ3v) is 2.58. The van der Waals surface area contributed by atoms with Gasteiger partial charge in [0.2, 0.25) is 0 Å². The van der Waals surface area contributed by atoms with Gasteiger partial charge in [-0.2, -0.15) is 0 Å². The maximum atomic E-state index is 11.8. The van der Waals surface area contributed by atoms with Crippen LogP contribution >= 0.6 is 0 Å². The first-order chi connectivity index (χ1) is 10.3. The lowest BCUT2D eigenvalue weighted by Gasteiger charge is -2.23. The first-order valence-electron chi connectivity index (χ1n) is 7.13. The van der Waals surface area contributed by atoms with Crippen molar-refractivity contribution >= 4 is 12.1 Å². The molecule has 0 aliphatic heterocycles. The van der Waals surface area contributed by atoms with Crippen LogP contribution in [-0.2, 0) is 20.7 Å². The second-order valence-corrected chi connectivity index (χ2v) is 5.84. The molecule has 6 heteroatoms. The monoisotopic (exact) mass is 309 g/mol. The van der Waals surface area contributed by atoms with E-state index in [0.717, 1.165) is 5.56 Å². The summed E-state index contributed by atoms with van der Waals surface area (Å²) in [6.07, 6.45) is -0.929. The average molecular weight is 309 g/mol. The molecule has 1 aromatic rings. The Morgan fingerprint density at radius 2 is 1.86 bits per heavy atom. The fourth-order valence-electron chi connectivity index (χ4n) is 1.71. The molecular weight excluding hydrogens is 286 g/mol. The minimum Gasteiger partial charge on any atom is -0.481 e. The van der Waals surface area contributed by atoms with Gasteiger partial charge in [0.15, 0.2) is 0 Å². The van der Waals surface area contributed by atoms with Gasteiger partial charge in [-0.25, -0.2) is 4.79 Å². The minimum atomic E-state index is -0.948. The highest BCUT2D eigenvalue weighted by molar-refractivity contribution is 5.68. The molecule has 1 aromatic carbocycles. The number of amides is 1. The number of benzene rings is 1. The molecule has 0 aliphatic carbocycles. The number of carboxylic acids is 1. The molecule has 1 amide bonds. The molecule has 22 heavy (non-hydrogen) atoms. The topological polar surface area (TPSA) is 84.9 Å². The lowest BCUT2D eigenvalue weighted by Crippen LogP contribution is -2.42. The molecule has 0 radical (unpaired) electrons. The van der Waals surface area contributed by atoms with Gasteiger partial charge in [-0.1, -0.05) is 30.3 Å². The zero-order chi connectivity index (χ0) is 16.6. The number of carbonyl (C=O) groups is 2. The molecule has 0 spiro atoms. The van der Waals surface area contributed by atoms with E-state index in [4.69, 9.17) is 14.6 Å². The Hall–Kier alpha value is -2.08. The van der Waals surface area contributed by atoms with Crippen LogP contribution in [0.2, 0.25) is 0 Å². The predicted octanol–water partition coefficient (Wildman–Crippen LogP) is 2.57. The van der Waals surface area contributed by atoms with Gasteiger partial charge in [-0.3, -0.25) is 10.1 Å². The highest BCUT2D eigenvalue weighted by Gasteiger charge is 2.20. The highest BCUT2D eigenvalue weighted by Crippen LogP contribution is 2.09. The molecule has 0 unspecified atom stereocenters. The fraction of sp³-hybridized carbons (Fsp3) is 0.500. The molecule has 0 saturated carbocycles. The SMILES string of the molecule is CC(C)(C)OC(=O)N[C@H](Cc1ccccc1)OCCC(=O)O. The van der Waals surface area contributed by atoms with Crippen molar-refractivity contribution in [3.63, 3.8) is 0 Å². The van der Waals surface area contributed by atoms with Crippen molar-refractivity contribution in [2.24, 2.45) is 0 Å². The number of rotatable bonds is 7. The van der Waals surface area contributed by atoms with Gasteiger partial charge < -0.3 is 14.6 Å². The maximum Gasteiger partial charge on any atom is 0.409 e. The van der Waals surface area contributed by atoms with E-state index in [1.807, 2.05) is 30.3 Å². The highest BCUT2D eigenvalue weighted by atomic mass is 16.6. The van der Waals surface area contributed by atoms with E-state index in [1.165, 1.54) is 0 Å². The first kappa shape index (κ1) is 18.0. The Morgan fingerprint density at radius 3 is 2.41 bits per heavy atom. The summed E-state index contributed by atoms with van der Waals surface area (Å²) < 4.78 is 10.6. The van der Waals surface area contributed by atoms with E-state index in [-0.39, 0.29) is 13.0 Å². The summed E-state index contributed by atoms with van der Waals surface area (Å²) >= 11 is 0. The van der Waals surface area contributed by atoms with Gasteiger partial charge in [0, 0.05) is 6.42 Å². The van der Waals surface area contributed by atoms with E-state index in [2.05, 4.69) is 5.32 Å². The van der Waals surface area contributed by atoms with E-state index >= 15 is 0 Å².